The third-order valence-corrected chi connectivity index (χ3v) is 2.67. The monoisotopic (exact) mass is 233 g/mol. The number of rotatable bonds is 6. The maximum atomic E-state index is 9.05. The van der Waals surface area contributed by atoms with Gasteiger partial charge in [-0.3, -0.25) is 0 Å². The molecule has 0 bridgehead atoms. The van der Waals surface area contributed by atoms with Crippen LogP contribution in [0.2, 0.25) is 0 Å². The second-order valence-electron chi connectivity index (χ2n) is 3.95. The Kier molecular flexibility index (Phi) is 5.31. The van der Waals surface area contributed by atoms with Crippen LogP contribution in [0.1, 0.15) is 25.3 Å². The summed E-state index contributed by atoms with van der Waals surface area (Å²) in [6, 6.07) is 7.48. The molecule has 17 heavy (non-hydrogen) atoms. The van der Waals surface area contributed by atoms with Crippen LogP contribution in [0.4, 0.5) is 11.4 Å². The second kappa shape index (κ2) is 6.77. The van der Waals surface area contributed by atoms with E-state index < -0.39 is 0 Å². The highest BCUT2D eigenvalue weighted by Gasteiger charge is 2.07. The van der Waals surface area contributed by atoms with Gasteiger partial charge in [-0.1, -0.05) is 13.3 Å². The molecule has 0 heterocycles. The van der Waals surface area contributed by atoms with Crippen LogP contribution in [0, 0.1) is 11.3 Å². The van der Waals surface area contributed by atoms with Crippen molar-refractivity contribution in [3.63, 3.8) is 0 Å². The average Bonchev–Trinajstić information content (AvgIpc) is 2.35. The molecule has 0 atom stereocenters. The molecular formula is C13H19N3O. The lowest BCUT2D eigenvalue weighted by atomic mass is 10.1. The third-order valence-electron chi connectivity index (χ3n) is 2.67. The number of nitrogens with two attached hydrogens (primary N) is 1. The van der Waals surface area contributed by atoms with Crippen molar-refractivity contribution in [3.05, 3.63) is 23.8 Å². The molecule has 0 fully saturated rings. The molecule has 0 aromatic heterocycles. The van der Waals surface area contributed by atoms with E-state index in [9.17, 15) is 0 Å². The molecule has 0 unspecified atom stereocenters. The third kappa shape index (κ3) is 3.65. The molecule has 1 aromatic rings. The first-order valence-corrected chi connectivity index (χ1v) is 5.88. The molecule has 92 valence electrons. The lowest BCUT2D eigenvalue weighted by Gasteiger charge is -2.24. The molecule has 0 aliphatic carbocycles. The van der Waals surface area contributed by atoms with Gasteiger partial charge in [-0.25, -0.2) is 0 Å². The van der Waals surface area contributed by atoms with Crippen molar-refractivity contribution in [2.75, 3.05) is 30.3 Å². The van der Waals surface area contributed by atoms with Gasteiger partial charge in [-0.15, -0.1) is 0 Å². The van der Waals surface area contributed by atoms with E-state index >= 15 is 0 Å². The van der Waals surface area contributed by atoms with Crippen molar-refractivity contribution >= 4 is 11.4 Å². The van der Waals surface area contributed by atoms with Gasteiger partial charge in [0.1, 0.15) is 6.07 Å². The van der Waals surface area contributed by atoms with E-state index in [-0.39, 0.29) is 6.61 Å². The van der Waals surface area contributed by atoms with Gasteiger partial charge in [0.2, 0.25) is 0 Å². The highest BCUT2D eigenvalue weighted by Crippen LogP contribution is 2.21. The average molecular weight is 233 g/mol. The number of benzene rings is 1. The molecule has 0 aliphatic rings. The Hall–Kier alpha value is -1.73. The van der Waals surface area contributed by atoms with E-state index in [0.29, 0.717) is 17.8 Å². The first kappa shape index (κ1) is 13.3. The Labute approximate surface area is 102 Å². The van der Waals surface area contributed by atoms with Crippen LogP contribution >= 0.6 is 0 Å². The van der Waals surface area contributed by atoms with Gasteiger partial charge in [0.25, 0.3) is 0 Å². The lowest BCUT2D eigenvalue weighted by Crippen LogP contribution is -2.27. The summed E-state index contributed by atoms with van der Waals surface area (Å²) in [5.41, 5.74) is 7.61. The topological polar surface area (TPSA) is 73.3 Å². The van der Waals surface area contributed by atoms with Crippen molar-refractivity contribution in [1.82, 2.24) is 0 Å². The minimum Gasteiger partial charge on any atom is -0.398 e. The fourth-order valence-electron chi connectivity index (χ4n) is 1.68. The van der Waals surface area contributed by atoms with Gasteiger partial charge < -0.3 is 15.7 Å². The zero-order valence-electron chi connectivity index (χ0n) is 10.2. The van der Waals surface area contributed by atoms with Crippen molar-refractivity contribution in [3.8, 4) is 6.07 Å². The fourth-order valence-corrected chi connectivity index (χ4v) is 1.68. The van der Waals surface area contributed by atoms with E-state index in [0.717, 1.165) is 25.1 Å². The summed E-state index contributed by atoms with van der Waals surface area (Å²) in [7, 11) is 0. The lowest BCUT2D eigenvalue weighted by molar-refractivity contribution is 0.301. The van der Waals surface area contributed by atoms with Crippen molar-refractivity contribution in [1.29, 1.82) is 5.26 Å². The number of aliphatic hydroxyl groups excluding tert-OH is 1. The SMILES string of the molecule is CCCCN(CCO)c1ccc(N)c(C#N)c1. The van der Waals surface area contributed by atoms with Crippen molar-refractivity contribution in [2.24, 2.45) is 0 Å². The summed E-state index contributed by atoms with van der Waals surface area (Å²) in [5.74, 6) is 0. The van der Waals surface area contributed by atoms with Gasteiger partial charge >= 0.3 is 0 Å². The number of aliphatic hydroxyl groups is 1. The molecule has 1 aromatic carbocycles. The first-order valence-electron chi connectivity index (χ1n) is 5.88. The highest BCUT2D eigenvalue weighted by molar-refractivity contribution is 5.62. The molecule has 0 amide bonds. The molecule has 0 aliphatic heterocycles. The largest absolute Gasteiger partial charge is 0.398 e. The Morgan fingerprint density at radius 2 is 2.18 bits per heavy atom. The quantitative estimate of drug-likeness (QED) is 0.734. The molecule has 0 saturated heterocycles. The molecule has 0 saturated carbocycles. The number of nitrogens with zero attached hydrogens (tertiary/aromatic N) is 2. The number of nitrogen functional groups attached to an aromatic ring is 1. The van der Waals surface area contributed by atoms with E-state index in [1.54, 1.807) is 12.1 Å². The fraction of sp³-hybridized carbons (Fsp3) is 0.462. The predicted octanol–water partition coefficient (Wildman–Crippen LogP) is 1.74. The normalized spacial score (nSPS) is 9.94. The van der Waals surface area contributed by atoms with Crippen LogP contribution in [0.25, 0.3) is 0 Å². The summed E-state index contributed by atoms with van der Waals surface area (Å²) < 4.78 is 0. The van der Waals surface area contributed by atoms with E-state index in [1.165, 1.54) is 0 Å². The second-order valence-corrected chi connectivity index (χ2v) is 3.95. The predicted molar refractivity (Wildman–Crippen MR) is 69.8 cm³/mol. The van der Waals surface area contributed by atoms with Crippen LogP contribution in [0.5, 0.6) is 0 Å². The van der Waals surface area contributed by atoms with Crippen LogP contribution in [0.3, 0.4) is 0 Å². The van der Waals surface area contributed by atoms with Crippen LogP contribution < -0.4 is 10.6 Å². The number of hydrogen-bond acceptors (Lipinski definition) is 4. The van der Waals surface area contributed by atoms with Crippen molar-refractivity contribution in [2.45, 2.75) is 19.8 Å². The number of unbranched alkanes of at least 4 members (excludes halogenated alkanes) is 1. The zero-order valence-corrected chi connectivity index (χ0v) is 10.2. The zero-order chi connectivity index (χ0) is 12.7. The summed E-state index contributed by atoms with van der Waals surface area (Å²) >= 11 is 0. The van der Waals surface area contributed by atoms with Gasteiger partial charge in [0.05, 0.1) is 12.2 Å². The van der Waals surface area contributed by atoms with Crippen molar-refractivity contribution < 1.29 is 5.11 Å². The smallest absolute Gasteiger partial charge is 0.101 e. The van der Waals surface area contributed by atoms with E-state index in [4.69, 9.17) is 16.1 Å². The summed E-state index contributed by atoms with van der Waals surface area (Å²) in [6.07, 6.45) is 2.16. The Bertz CT molecular complexity index is 398. The molecule has 4 heteroatoms. The Morgan fingerprint density at radius 3 is 2.76 bits per heavy atom. The molecule has 0 radical (unpaired) electrons. The van der Waals surface area contributed by atoms with Crippen LogP contribution in [-0.2, 0) is 0 Å². The summed E-state index contributed by atoms with van der Waals surface area (Å²) in [6.45, 7) is 3.69. The van der Waals surface area contributed by atoms with Crippen LogP contribution in [-0.4, -0.2) is 24.8 Å². The van der Waals surface area contributed by atoms with E-state index in [1.807, 2.05) is 6.07 Å². The molecule has 4 nitrogen and oxygen atoms in total. The van der Waals surface area contributed by atoms with Gasteiger partial charge in [-0.05, 0) is 24.6 Å². The molecular weight excluding hydrogens is 214 g/mol. The maximum Gasteiger partial charge on any atom is 0.101 e. The summed E-state index contributed by atoms with van der Waals surface area (Å²) in [5, 5.41) is 18.0. The number of anilines is 2. The molecule has 1 rings (SSSR count). The molecule has 0 spiro atoms. The van der Waals surface area contributed by atoms with Gasteiger partial charge in [0, 0.05) is 24.5 Å². The van der Waals surface area contributed by atoms with Gasteiger partial charge in [0.15, 0.2) is 0 Å². The maximum absolute atomic E-state index is 9.05. The minimum atomic E-state index is 0.107. The number of nitriles is 1. The number of hydrogen-bond donors (Lipinski definition) is 2. The Balaban J connectivity index is 2.89. The highest BCUT2D eigenvalue weighted by atomic mass is 16.3. The molecule has 3 N–H and O–H groups in total. The van der Waals surface area contributed by atoms with E-state index in [2.05, 4.69) is 17.9 Å². The standard InChI is InChI=1S/C13H19N3O/c1-2-3-6-16(7-8-17)12-4-5-13(15)11(9-12)10-14/h4-5,9,17H,2-3,6-8,15H2,1H3. The summed E-state index contributed by atoms with van der Waals surface area (Å²) in [4.78, 5) is 2.07. The minimum absolute atomic E-state index is 0.107. The van der Waals surface area contributed by atoms with Crippen LogP contribution in [0.15, 0.2) is 18.2 Å². The first-order chi connectivity index (χ1) is 8.22. The van der Waals surface area contributed by atoms with Gasteiger partial charge in [-0.2, -0.15) is 5.26 Å². The Morgan fingerprint density at radius 1 is 1.41 bits per heavy atom.